The minimum Gasteiger partial charge on any atom is -0.507 e. The molecule has 330 valence electrons. The van der Waals surface area contributed by atoms with Crippen LogP contribution in [-0.2, 0) is 14.3 Å². The lowest BCUT2D eigenvalue weighted by atomic mass is 9.93. The summed E-state index contributed by atoms with van der Waals surface area (Å²) in [5.74, 6) is 0.306. The molecule has 0 bridgehead atoms. The molecule has 3 saturated heterocycles. The molecule has 3 aliphatic heterocycles. The van der Waals surface area contributed by atoms with Crippen LogP contribution in [0.4, 0.5) is 10.1 Å². The van der Waals surface area contributed by atoms with Crippen LogP contribution in [0.25, 0.3) is 16.7 Å². The lowest BCUT2D eigenvalue weighted by molar-refractivity contribution is -0.116. The van der Waals surface area contributed by atoms with Crippen molar-refractivity contribution in [1.29, 1.82) is 0 Å². The number of likely N-dealkylation sites (tertiary alicyclic amines) is 2. The number of nitrogens with two attached hydrogens (primary N) is 3. The molecule has 0 aliphatic carbocycles. The summed E-state index contributed by atoms with van der Waals surface area (Å²) in [5, 5.41) is 16.5. The average molecular weight is 851 g/mol. The number of phenols is 1. The number of amides is 3. The molecule has 16 heteroatoms. The molecule has 7 rings (SSSR count). The Hall–Kier alpha value is -6.13. The van der Waals surface area contributed by atoms with E-state index in [9.17, 15) is 19.5 Å². The number of rotatable bonds is 13. The summed E-state index contributed by atoms with van der Waals surface area (Å²) >= 11 is 0. The summed E-state index contributed by atoms with van der Waals surface area (Å²) in [6.45, 7) is 10.3. The van der Waals surface area contributed by atoms with Crippen molar-refractivity contribution < 1.29 is 28.6 Å². The largest absolute Gasteiger partial charge is 0.507 e. The van der Waals surface area contributed by atoms with Gasteiger partial charge in [0.15, 0.2) is 0 Å². The Bertz CT molecular complexity index is 2340. The van der Waals surface area contributed by atoms with Gasteiger partial charge in [0.1, 0.15) is 29.5 Å². The van der Waals surface area contributed by atoms with Gasteiger partial charge in [-0.05, 0) is 93.0 Å². The Labute approximate surface area is 361 Å². The third-order valence-electron chi connectivity index (χ3n) is 12.4. The number of anilines is 1. The minimum absolute atomic E-state index is 0.00633. The van der Waals surface area contributed by atoms with E-state index in [0.29, 0.717) is 85.3 Å². The molecule has 2 aromatic carbocycles. The second-order valence-electron chi connectivity index (χ2n) is 16.9. The van der Waals surface area contributed by atoms with Crippen LogP contribution in [0.15, 0.2) is 78.5 Å². The Morgan fingerprint density at radius 2 is 1.74 bits per heavy atom. The van der Waals surface area contributed by atoms with Crippen molar-refractivity contribution in [3.8, 4) is 5.75 Å². The summed E-state index contributed by atoms with van der Waals surface area (Å²) in [4.78, 5) is 47.4. The van der Waals surface area contributed by atoms with Gasteiger partial charge in [0, 0.05) is 87.2 Å². The van der Waals surface area contributed by atoms with Crippen molar-refractivity contribution in [1.82, 2.24) is 29.6 Å². The fourth-order valence-electron chi connectivity index (χ4n) is 9.13. The van der Waals surface area contributed by atoms with Gasteiger partial charge >= 0.3 is 0 Å². The molecule has 15 nitrogen and oxygen atoms in total. The number of allylic oxidation sites excluding steroid dienone is 1. The molecule has 4 unspecified atom stereocenters. The average Bonchev–Trinajstić information content (AvgIpc) is 3.57. The third kappa shape index (κ3) is 9.97. The third-order valence-corrected chi connectivity index (χ3v) is 12.4. The van der Waals surface area contributed by atoms with Gasteiger partial charge in [0.05, 0.1) is 29.7 Å². The fourth-order valence-corrected chi connectivity index (χ4v) is 9.13. The first-order chi connectivity index (χ1) is 29.8. The number of aromatic nitrogens is 2. The number of hydrogen-bond donors (Lipinski definition) is 6. The number of hydrogen-bond acceptors (Lipinski definition) is 11. The van der Waals surface area contributed by atoms with Gasteiger partial charge in [0.2, 0.25) is 12.3 Å². The molecule has 3 fully saturated rings. The molecular weight excluding hydrogens is 792 g/mol. The number of carbonyl (C=O) groups excluding carboxylic acids is 3. The number of fused-ring (bicyclic) bond motifs is 1. The number of benzene rings is 2. The van der Waals surface area contributed by atoms with E-state index in [1.54, 1.807) is 36.5 Å². The number of nitrogens with one attached hydrogen (secondary N) is 2. The minimum atomic E-state index is -1.08. The number of piperidine rings is 2. The molecule has 3 amide bonds. The van der Waals surface area contributed by atoms with E-state index in [1.165, 1.54) is 0 Å². The van der Waals surface area contributed by atoms with Gasteiger partial charge in [-0.15, -0.1) is 0 Å². The molecule has 3 aliphatic rings. The number of halogens is 1. The zero-order valence-electron chi connectivity index (χ0n) is 35.7. The van der Waals surface area contributed by atoms with Gasteiger partial charge in [-0.3, -0.25) is 14.4 Å². The highest BCUT2D eigenvalue weighted by molar-refractivity contribution is 5.96. The predicted octanol–water partition coefficient (Wildman–Crippen LogP) is 4.42. The van der Waals surface area contributed by atoms with Gasteiger partial charge in [-0.25, -0.2) is 9.37 Å². The summed E-state index contributed by atoms with van der Waals surface area (Å²) in [6.07, 6.45) is 6.73. The van der Waals surface area contributed by atoms with Crippen molar-refractivity contribution in [2.45, 2.75) is 70.9 Å². The SMILES string of the molecule is Cc1cc(C2CN(C(/C=C(\N)c3ccccc3O)=C(N)N)CC(C)O2)ccc1C(=O)N1CCC(CN2CCC(n3cc(C)c4cc(NC(=O)CCNC=O)cnc43)C(F)C2)CC1. The lowest BCUT2D eigenvalue weighted by Gasteiger charge is -2.40. The van der Waals surface area contributed by atoms with E-state index >= 15 is 4.39 Å². The van der Waals surface area contributed by atoms with Crippen LogP contribution in [-0.4, -0.2) is 112 Å². The number of carbonyl (C=O) groups is 3. The topological polar surface area (TPSA) is 210 Å². The first-order valence-corrected chi connectivity index (χ1v) is 21.4. The summed E-state index contributed by atoms with van der Waals surface area (Å²) < 4.78 is 24.3. The van der Waals surface area contributed by atoms with Crippen LogP contribution in [0, 0.1) is 19.8 Å². The first kappa shape index (κ1) is 43.9. The number of ether oxygens (including phenoxy) is 1. The maximum absolute atomic E-state index is 16.0. The molecule has 4 atom stereocenters. The molecule has 62 heavy (non-hydrogen) atoms. The van der Waals surface area contributed by atoms with E-state index < -0.39 is 6.17 Å². The Kier molecular flexibility index (Phi) is 13.7. The summed E-state index contributed by atoms with van der Waals surface area (Å²) in [6, 6.07) is 14.2. The van der Waals surface area contributed by atoms with Crippen LogP contribution in [0.2, 0.25) is 0 Å². The molecule has 4 aromatic rings. The van der Waals surface area contributed by atoms with Crippen LogP contribution >= 0.6 is 0 Å². The maximum atomic E-state index is 16.0. The fraction of sp³-hybridized carbons (Fsp3) is 0.435. The van der Waals surface area contributed by atoms with Gasteiger partial charge in [0.25, 0.3) is 5.91 Å². The number of aromatic hydroxyl groups is 1. The first-order valence-electron chi connectivity index (χ1n) is 21.4. The van der Waals surface area contributed by atoms with Crippen LogP contribution in [0.1, 0.15) is 77.4 Å². The highest BCUT2D eigenvalue weighted by Crippen LogP contribution is 2.34. The van der Waals surface area contributed by atoms with Crippen molar-refractivity contribution >= 4 is 40.6 Å². The number of pyridine rings is 1. The number of alkyl halides is 1. The van der Waals surface area contributed by atoms with Crippen molar-refractivity contribution in [3.05, 3.63) is 106 Å². The number of phenolic OH excluding ortho intramolecular Hbond substituents is 1. The zero-order valence-corrected chi connectivity index (χ0v) is 35.7. The second-order valence-corrected chi connectivity index (χ2v) is 16.9. The standard InChI is InChI=1S/C46H59FN10O5/c1-28-18-32(42-26-56(23-30(3)62-42)40(44(49)50)20-38(48)35-6-4-5-7-41(35)59)8-9-34(28)46(61)55-16-11-31(12-17-55)24-54-15-13-39(37(47)25-54)57-22-29(2)36-19-33(21-52-45(36)57)53-43(60)10-14-51-27-58/h4-9,18-22,27,30-31,37,39,42,59H,10-17,23-26,48-50H2,1-3H3,(H,51,58)(H,53,60)/b38-20-. The highest BCUT2D eigenvalue weighted by Gasteiger charge is 2.34. The molecule has 0 spiro atoms. The molecule has 0 saturated carbocycles. The highest BCUT2D eigenvalue weighted by atomic mass is 19.1. The number of para-hydroxylation sites is 1. The number of morpholine rings is 1. The van der Waals surface area contributed by atoms with Crippen LogP contribution in [0.5, 0.6) is 5.75 Å². The summed E-state index contributed by atoms with van der Waals surface area (Å²) in [5.41, 5.74) is 24.8. The smallest absolute Gasteiger partial charge is 0.254 e. The van der Waals surface area contributed by atoms with Gasteiger partial charge < -0.3 is 56.9 Å². The van der Waals surface area contributed by atoms with Crippen molar-refractivity contribution in [3.63, 3.8) is 0 Å². The molecular formula is C46H59FN10O5. The van der Waals surface area contributed by atoms with E-state index in [-0.39, 0.29) is 54.6 Å². The van der Waals surface area contributed by atoms with Gasteiger partial charge in [-0.1, -0.05) is 24.3 Å². The molecule has 2 aromatic heterocycles. The van der Waals surface area contributed by atoms with E-state index in [1.807, 2.05) is 65.6 Å². The second kappa shape index (κ2) is 19.3. The van der Waals surface area contributed by atoms with Crippen LogP contribution < -0.4 is 27.8 Å². The van der Waals surface area contributed by atoms with E-state index in [4.69, 9.17) is 21.9 Å². The Morgan fingerprint density at radius 1 is 0.968 bits per heavy atom. The predicted molar refractivity (Wildman–Crippen MR) is 237 cm³/mol. The normalized spacial score (nSPS) is 21.5. The summed E-state index contributed by atoms with van der Waals surface area (Å²) in [7, 11) is 0. The van der Waals surface area contributed by atoms with Crippen molar-refractivity contribution in [2.75, 3.05) is 57.7 Å². The Balaban J connectivity index is 0.913. The van der Waals surface area contributed by atoms with Gasteiger partial charge in [-0.2, -0.15) is 0 Å². The zero-order chi connectivity index (χ0) is 44.1. The lowest BCUT2D eigenvalue weighted by Crippen LogP contribution is -2.46. The monoisotopic (exact) mass is 850 g/mol. The number of aryl methyl sites for hydroxylation is 2. The maximum Gasteiger partial charge on any atom is 0.254 e. The molecule has 5 heterocycles. The molecule has 9 N–H and O–H groups in total. The van der Waals surface area contributed by atoms with E-state index in [2.05, 4.69) is 20.5 Å². The molecule has 0 radical (unpaired) electrons. The Morgan fingerprint density at radius 3 is 2.45 bits per heavy atom. The number of nitrogens with zero attached hydrogens (tertiary/aromatic N) is 5. The quantitative estimate of drug-likeness (QED) is 0.0630. The van der Waals surface area contributed by atoms with Crippen LogP contribution in [0.3, 0.4) is 0 Å². The van der Waals surface area contributed by atoms with Crippen molar-refractivity contribution in [2.24, 2.45) is 23.1 Å². The van der Waals surface area contributed by atoms with E-state index in [0.717, 1.165) is 48.0 Å².